The Bertz CT molecular complexity index is 765. The fourth-order valence-electron chi connectivity index (χ4n) is 2.10. The van der Waals surface area contributed by atoms with Crippen LogP contribution < -0.4 is 0 Å². The van der Waals surface area contributed by atoms with Gasteiger partial charge in [-0.2, -0.15) is 0 Å². The van der Waals surface area contributed by atoms with Gasteiger partial charge in [-0.05, 0) is 53.8 Å². The summed E-state index contributed by atoms with van der Waals surface area (Å²) < 4.78 is 7.60. The van der Waals surface area contributed by atoms with Gasteiger partial charge in [-0.25, -0.2) is 0 Å². The lowest BCUT2D eigenvalue weighted by Gasteiger charge is -2.09. The molecule has 2 aromatic rings. The highest BCUT2D eigenvalue weighted by Crippen LogP contribution is 2.33. The number of thioether (sulfide) groups is 1. The van der Waals surface area contributed by atoms with Gasteiger partial charge in [0, 0.05) is 21.8 Å². The number of carbonyl (C=O) groups is 1. The second kappa shape index (κ2) is 6.55. The fraction of sp³-hybridized carbons (Fsp3) is 0.125. The Morgan fingerprint density at radius 3 is 2.64 bits per heavy atom. The molecule has 1 aliphatic heterocycles. The molecule has 1 aromatic carbocycles. The van der Waals surface area contributed by atoms with Crippen molar-refractivity contribution in [3.8, 4) is 11.3 Å². The molecule has 1 aliphatic rings. The summed E-state index contributed by atoms with van der Waals surface area (Å²) in [5.74, 6) is 1.39. The molecule has 0 radical (unpaired) electrons. The zero-order valence-corrected chi connectivity index (χ0v) is 15.5. The third-order valence-corrected chi connectivity index (χ3v) is 5.32. The first-order chi connectivity index (χ1) is 10.6. The van der Waals surface area contributed by atoms with E-state index in [0.29, 0.717) is 21.5 Å². The molecule has 3 rings (SSSR count). The molecule has 6 heteroatoms. The van der Waals surface area contributed by atoms with Crippen molar-refractivity contribution < 1.29 is 9.21 Å². The van der Waals surface area contributed by atoms with Gasteiger partial charge < -0.3 is 4.42 Å². The number of halogens is 1. The van der Waals surface area contributed by atoms with Gasteiger partial charge in [-0.15, -0.1) is 0 Å². The van der Waals surface area contributed by atoms with Crippen LogP contribution in [0.2, 0.25) is 0 Å². The van der Waals surface area contributed by atoms with Crippen molar-refractivity contribution in [3.05, 3.63) is 50.6 Å². The van der Waals surface area contributed by atoms with Crippen LogP contribution in [0.15, 0.2) is 45.7 Å². The topological polar surface area (TPSA) is 33.5 Å². The van der Waals surface area contributed by atoms with E-state index >= 15 is 0 Å². The first kappa shape index (κ1) is 15.8. The summed E-state index contributed by atoms with van der Waals surface area (Å²) in [7, 11) is 0. The molecular formula is C16H12INO2S2. The first-order valence-electron chi connectivity index (χ1n) is 6.69. The van der Waals surface area contributed by atoms with E-state index in [9.17, 15) is 4.79 Å². The molecular weight excluding hydrogens is 429 g/mol. The first-order valence-corrected chi connectivity index (χ1v) is 9.00. The summed E-state index contributed by atoms with van der Waals surface area (Å²) in [6.07, 6.45) is 1.76. The van der Waals surface area contributed by atoms with Gasteiger partial charge in [-0.1, -0.05) is 36.1 Å². The molecule has 2 heterocycles. The van der Waals surface area contributed by atoms with Crippen molar-refractivity contribution >= 4 is 62.9 Å². The molecule has 0 bridgehead atoms. The Morgan fingerprint density at radius 2 is 2.00 bits per heavy atom. The highest BCUT2D eigenvalue weighted by Gasteiger charge is 2.30. The number of carbonyl (C=O) groups excluding carboxylic acids is 1. The van der Waals surface area contributed by atoms with Crippen molar-refractivity contribution in [2.45, 2.75) is 6.92 Å². The average Bonchev–Trinajstić information content (AvgIpc) is 3.06. The zero-order valence-electron chi connectivity index (χ0n) is 11.7. The van der Waals surface area contributed by atoms with Gasteiger partial charge in [-0.3, -0.25) is 9.69 Å². The Kier molecular flexibility index (Phi) is 4.70. The lowest BCUT2D eigenvalue weighted by atomic mass is 10.2. The fourth-order valence-corrected chi connectivity index (χ4v) is 3.83. The number of thiocarbonyl (C=S) groups is 1. The van der Waals surface area contributed by atoms with Crippen molar-refractivity contribution in [3.63, 3.8) is 0 Å². The van der Waals surface area contributed by atoms with E-state index < -0.39 is 0 Å². The van der Waals surface area contributed by atoms with Crippen molar-refractivity contribution in [2.75, 3.05) is 6.54 Å². The summed E-state index contributed by atoms with van der Waals surface area (Å²) in [5, 5.41) is 0. The minimum atomic E-state index is -0.0512. The van der Waals surface area contributed by atoms with E-state index in [1.54, 1.807) is 11.0 Å². The molecule has 3 nitrogen and oxygen atoms in total. The summed E-state index contributed by atoms with van der Waals surface area (Å²) in [4.78, 5) is 14.4. The van der Waals surface area contributed by atoms with Crippen LogP contribution >= 0.6 is 46.6 Å². The maximum absolute atomic E-state index is 12.2. The van der Waals surface area contributed by atoms with E-state index in [1.807, 2.05) is 43.3 Å². The van der Waals surface area contributed by atoms with Crippen molar-refractivity contribution in [1.29, 1.82) is 0 Å². The normalized spacial score (nSPS) is 16.8. The number of benzene rings is 1. The molecule has 0 unspecified atom stereocenters. The summed E-state index contributed by atoms with van der Waals surface area (Å²) in [6.45, 7) is 2.50. The minimum absolute atomic E-state index is 0.0512. The monoisotopic (exact) mass is 441 g/mol. The molecule has 0 aliphatic carbocycles. The van der Waals surface area contributed by atoms with Gasteiger partial charge in [0.1, 0.15) is 15.8 Å². The van der Waals surface area contributed by atoms with E-state index in [0.717, 1.165) is 11.3 Å². The lowest BCUT2D eigenvalue weighted by Crippen LogP contribution is -2.27. The van der Waals surface area contributed by atoms with Crippen LogP contribution in [0.4, 0.5) is 0 Å². The maximum Gasteiger partial charge on any atom is 0.266 e. The number of likely N-dealkylation sites (N-methyl/N-ethyl adjacent to an activating group) is 1. The van der Waals surface area contributed by atoms with Gasteiger partial charge in [0.15, 0.2) is 0 Å². The number of rotatable bonds is 3. The number of nitrogens with zero attached hydrogens (tertiary/aromatic N) is 1. The number of furan rings is 1. The molecule has 1 amide bonds. The Labute approximate surface area is 151 Å². The Morgan fingerprint density at radius 1 is 1.27 bits per heavy atom. The minimum Gasteiger partial charge on any atom is -0.457 e. The van der Waals surface area contributed by atoms with E-state index in [1.165, 1.54) is 15.3 Å². The Balaban J connectivity index is 1.86. The van der Waals surface area contributed by atoms with Gasteiger partial charge >= 0.3 is 0 Å². The van der Waals surface area contributed by atoms with E-state index in [2.05, 4.69) is 22.6 Å². The van der Waals surface area contributed by atoms with Gasteiger partial charge in [0.2, 0.25) is 0 Å². The van der Waals surface area contributed by atoms with Gasteiger partial charge in [0.05, 0.1) is 4.91 Å². The molecule has 0 atom stereocenters. The standard InChI is InChI=1S/C16H12INO2S2/c1-2-18-15(19)14(22-16(18)21)9-12-7-8-13(20-12)10-3-5-11(17)6-4-10/h3-9H,2H2,1H3/b14-9+. The molecule has 22 heavy (non-hydrogen) atoms. The van der Waals surface area contributed by atoms with E-state index in [4.69, 9.17) is 16.6 Å². The van der Waals surface area contributed by atoms with Crippen LogP contribution in [-0.4, -0.2) is 21.7 Å². The average molecular weight is 441 g/mol. The Hall–Kier alpha value is -1.12. The molecule has 1 fully saturated rings. The second-order valence-corrected chi connectivity index (χ2v) is 7.56. The smallest absolute Gasteiger partial charge is 0.266 e. The summed E-state index contributed by atoms with van der Waals surface area (Å²) in [5.41, 5.74) is 1.01. The molecule has 1 saturated heterocycles. The molecule has 0 saturated carbocycles. The largest absolute Gasteiger partial charge is 0.457 e. The third-order valence-electron chi connectivity index (χ3n) is 3.22. The van der Waals surface area contributed by atoms with Crippen LogP contribution in [-0.2, 0) is 4.79 Å². The molecule has 0 spiro atoms. The number of amides is 1. The molecule has 0 N–H and O–H groups in total. The number of hydrogen-bond donors (Lipinski definition) is 0. The molecule has 1 aromatic heterocycles. The quantitative estimate of drug-likeness (QED) is 0.390. The summed E-state index contributed by atoms with van der Waals surface area (Å²) >= 11 is 8.78. The number of hydrogen-bond acceptors (Lipinski definition) is 4. The second-order valence-electron chi connectivity index (χ2n) is 4.63. The SMILES string of the molecule is CCN1C(=O)/C(=C\c2ccc(-c3ccc(I)cc3)o2)SC1=S. The van der Waals surface area contributed by atoms with Crippen LogP contribution in [0.5, 0.6) is 0 Å². The van der Waals surface area contributed by atoms with Crippen molar-refractivity contribution in [2.24, 2.45) is 0 Å². The van der Waals surface area contributed by atoms with Crippen LogP contribution in [0, 0.1) is 3.57 Å². The third kappa shape index (κ3) is 3.13. The summed E-state index contributed by atoms with van der Waals surface area (Å²) in [6, 6.07) is 11.9. The van der Waals surface area contributed by atoms with E-state index in [-0.39, 0.29) is 5.91 Å². The predicted octanol–water partition coefficient (Wildman–Crippen LogP) is 4.77. The lowest BCUT2D eigenvalue weighted by molar-refractivity contribution is -0.121. The highest BCUT2D eigenvalue weighted by atomic mass is 127. The maximum atomic E-state index is 12.2. The molecule has 112 valence electrons. The zero-order chi connectivity index (χ0) is 15.7. The predicted molar refractivity (Wildman–Crippen MR) is 102 cm³/mol. The highest BCUT2D eigenvalue weighted by molar-refractivity contribution is 14.1. The van der Waals surface area contributed by atoms with Crippen molar-refractivity contribution in [1.82, 2.24) is 4.90 Å². The van der Waals surface area contributed by atoms with Gasteiger partial charge in [0.25, 0.3) is 5.91 Å². The van der Waals surface area contributed by atoms with Crippen LogP contribution in [0.1, 0.15) is 12.7 Å². The van der Waals surface area contributed by atoms with Crippen LogP contribution in [0.25, 0.3) is 17.4 Å². The van der Waals surface area contributed by atoms with Crippen LogP contribution in [0.3, 0.4) is 0 Å².